The number of aliphatic hydroxyl groups excluding tert-OH is 1. The summed E-state index contributed by atoms with van der Waals surface area (Å²) in [4.78, 5) is 12.2. The molecule has 5 nitrogen and oxygen atoms in total. The maximum absolute atomic E-state index is 12.2. The number of nitrogens with one attached hydrogen (secondary N) is 1. The molecular weight excluding hydrogens is 282 g/mol. The van der Waals surface area contributed by atoms with Gasteiger partial charge in [-0.15, -0.1) is 0 Å². The molecule has 0 amide bonds. The van der Waals surface area contributed by atoms with Gasteiger partial charge in [0.2, 0.25) is 0 Å². The summed E-state index contributed by atoms with van der Waals surface area (Å²) >= 11 is 0. The molecule has 5 heteroatoms. The number of ether oxygens (including phenoxy) is 2. The zero-order chi connectivity index (χ0) is 16.1. The molecule has 0 aliphatic carbocycles. The fourth-order valence-electron chi connectivity index (χ4n) is 2.89. The standard InChI is InChI=1S/C17H25NO4/c1-4-14-16(20)11(2)15(17(21-3)22-14)18-10-13(19)12-8-6-5-7-9-12/h5-9,11,14-18,20H,4,10H2,1-3H3/t11-,14?,15?,16+,17-/m1/s1. The second kappa shape index (κ2) is 7.83. The number of carbonyl (C=O) groups is 1. The minimum Gasteiger partial charge on any atom is -0.390 e. The molecule has 1 heterocycles. The lowest BCUT2D eigenvalue weighted by Crippen LogP contribution is -2.59. The topological polar surface area (TPSA) is 67.8 Å². The number of benzene rings is 1. The fraction of sp³-hybridized carbons (Fsp3) is 0.588. The maximum Gasteiger partial charge on any atom is 0.176 e. The summed E-state index contributed by atoms with van der Waals surface area (Å²) in [5.74, 6) is -0.0537. The number of aliphatic hydroxyl groups is 1. The number of Topliss-reactive ketones (excluding diaryl/α,β-unsaturated/α-hetero) is 1. The zero-order valence-electron chi connectivity index (χ0n) is 13.4. The van der Waals surface area contributed by atoms with Gasteiger partial charge in [0.1, 0.15) is 0 Å². The van der Waals surface area contributed by atoms with Crippen LogP contribution in [0.15, 0.2) is 30.3 Å². The van der Waals surface area contributed by atoms with E-state index < -0.39 is 12.4 Å². The van der Waals surface area contributed by atoms with Crippen molar-refractivity contribution in [2.75, 3.05) is 13.7 Å². The highest BCUT2D eigenvalue weighted by Crippen LogP contribution is 2.27. The van der Waals surface area contributed by atoms with Crippen molar-refractivity contribution >= 4 is 5.78 Å². The van der Waals surface area contributed by atoms with Crippen molar-refractivity contribution in [3.8, 4) is 0 Å². The van der Waals surface area contributed by atoms with E-state index in [0.29, 0.717) is 5.56 Å². The van der Waals surface area contributed by atoms with Crippen LogP contribution < -0.4 is 5.32 Å². The highest BCUT2D eigenvalue weighted by Gasteiger charge is 2.42. The van der Waals surface area contributed by atoms with Gasteiger partial charge in [-0.1, -0.05) is 44.2 Å². The van der Waals surface area contributed by atoms with Crippen molar-refractivity contribution in [1.82, 2.24) is 5.32 Å². The fourth-order valence-corrected chi connectivity index (χ4v) is 2.89. The maximum atomic E-state index is 12.2. The molecule has 0 bridgehead atoms. The van der Waals surface area contributed by atoms with Crippen molar-refractivity contribution in [1.29, 1.82) is 0 Å². The van der Waals surface area contributed by atoms with Gasteiger partial charge in [0.15, 0.2) is 12.1 Å². The minimum absolute atomic E-state index is 0.00904. The average Bonchev–Trinajstić information content (AvgIpc) is 2.56. The Kier molecular flexibility index (Phi) is 6.08. The summed E-state index contributed by atoms with van der Waals surface area (Å²) < 4.78 is 11.2. The van der Waals surface area contributed by atoms with E-state index in [0.717, 1.165) is 6.42 Å². The molecule has 22 heavy (non-hydrogen) atoms. The molecule has 0 saturated carbocycles. The largest absolute Gasteiger partial charge is 0.390 e. The van der Waals surface area contributed by atoms with Crippen LogP contribution in [0.2, 0.25) is 0 Å². The number of methoxy groups -OCH3 is 1. The predicted octanol–water partition coefficient (Wildman–Crippen LogP) is 1.61. The normalized spacial score (nSPS) is 31.9. The van der Waals surface area contributed by atoms with E-state index >= 15 is 0 Å². The second-order valence-electron chi connectivity index (χ2n) is 5.73. The van der Waals surface area contributed by atoms with Gasteiger partial charge in [-0.2, -0.15) is 0 Å². The Hall–Kier alpha value is -1.27. The Morgan fingerprint density at radius 2 is 2.05 bits per heavy atom. The molecular formula is C17H25NO4. The second-order valence-corrected chi connectivity index (χ2v) is 5.73. The summed E-state index contributed by atoms with van der Waals surface area (Å²) in [5, 5.41) is 13.5. The van der Waals surface area contributed by atoms with Gasteiger partial charge in [0.25, 0.3) is 0 Å². The number of ketones is 1. The highest BCUT2D eigenvalue weighted by atomic mass is 16.7. The van der Waals surface area contributed by atoms with Crippen LogP contribution >= 0.6 is 0 Å². The lowest BCUT2D eigenvalue weighted by molar-refractivity contribution is -0.242. The number of hydrogen-bond donors (Lipinski definition) is 2. The number of carbonyl (C=O) groups excluding carboxylic acids is 1. The van der Waals surface area contributed by atoms with Crippen molar-refractivity contribution < 1.29 is 19.4 Å². The summed E-state index contributed by atoms with van der Waals surface area (Å²) in [7, 11) is 1.58. The number of hydrogen-bond acceptors (Lipinski definition) is 5. The van der Waals surface area contributed by atoms with E-state index in [1.165, 1.54) is 0 Å². The van der Waals surface area contributed by atoms with Gasteiger partial charge in [0.05, 0.1) is 24.8 Å². The van der Waals surface area contributed by atoms with E-state index in [9.17, 15) is 9.90 Å². The summed E-state index contributed by atoms with van der Waals surface area (Å²) in [6, 6.07) is 8.92. The molecule has 2 unspecified atom stereocenters. The molecule has 1 aliphatic heterocycles. The first-order valence-corrected chi connectivity index (χ1v) is 7.76. The van der Waals surface area contributed by atoms with E-state index in [1.54, 1.807) is 19.2 Å². The molecule has 1 aliphatic rings. The molecule has 0 spiro atoms. The first-order valence-electron chi connectivity index (χ1n) is 7.76. The van der Waals surface area contributed by atoms with E-state index in [-0.39, 0.29) is 30.4 Å². The zero-order valence-corrected chi connectivity index (χ0v) is 13.4. The smallest absolute Gasteiger partial charge is 0.176 e. The Bertz CT molecular complexity index is 477. The van der Waals surface area contributed by atoms with Crippen LogP contribution in [0.25, 0.3) is 0 Å². The first kappa shape index (κ1) is 17.1. The van der Waals surface area contributed by atoms with Crippen molar-refractivity contribution in [3.05, 3.63) is 35.9 Å². The Balaban J connectivity index is 1.99. The molecule has 1 fully saturated rings. The molecule has 122 valence electrons. The number of rotatable bonds is 6. The van der Waals surface area contributed by atoms with Crippen LogP contribution in [0.3, 0.4) is 0 Å². The monoisotopic (exact) mass is 307 g/mol. The lowest BCUT2D eigenvalue weighted by atomic mass is 9.87. The van der Waals surface area contributed by atoms with Gasteiger partial charge >= 0.3 is 0 Å². The highest BCUT2D eigenvalue weighted by molar-refractivity contribution is 5.97. The van der Waals surface area contributed by atoms with Crippen molar-refractivity contribution in [3.63, 3.8) is 0 Å². The van der Waals surface area contributed by atoms with Gasteiger partial charge in [-0.25, -0.2) is 0 Å². The third kappa shape index (κ3) is 3.73. The molecule has 1 saturated heterocycles. The van der Waals surface area contributed by atoms with E-state index in [4.69, 9.17) is 9.47 Å². The van der Waals surface area contributed by atoms with Gasteiger partial charge in [-0.05, 0) is 6.42 Å². The quantitative estimate of drug-likeness (QED) is 0.782. The van der Waals surface area contributed by atoms with E-state index in [2.05, 4.69) is 5.32 Å². The van der Waals surface area contributed by atoms with Crippen LogP contribution in [-0.4, -0.2) is 49.1 Å². The third-order valence-corrected chi connectivity index (χ3v) is 4.32. The SMILES string of the molecule is CCC1O[C@@H](OC)C(NCC(=O)c2ccccc2)[C@@H](C)[C@@H]1O. The minimum atomic E-state index is -0.569. The predicted molar refractivity (Wildman–Crippen MR) is 83.7 cm³/mol. The molecule has 1 aromatic carbocycles. The Labute approximate surface area is 131 Å². The molecule has 0 aromatic heterocycles. The Morgan fingerprint density at radius 1 is 1.36 bits per heavy atom. The first-order chi connectivity index (χ1) is 10.6. The summed E-state index contributed by atoms with van der Waals surface area (Å²) in [6.07, 6.45) is -0.545. The van der Waals surface area contributed by atoms with Crippen LogP contribution in [-0.2, 0) is 9.47 Å². The third-order valence-electron chi connectivity index (χ3n) is 4.32. The molecule has 1 aromatic rings. The van der Waals surface area contributed by atoms with Crippen LogP contribution in [0, 0.1) is 5.92 Å². The van der Waals surface area contributed by atoms with Crippen LogP contribution in [0.5, 0.6) is 0 Å². The van der Waals surface area contributed by atoms with Gasteiger partial charge < -0.3 is 19.9 Å². The Morgan fingerprint density at radius 3 is 2.64 bits per heavy atom. The van der Waals surface area contributed by atoms with Gasteiger partial charge in [-0.3, -0.25) is 4.79 Å². The molecule has 2 rings (SSSR count). The van der Waals surface area contributed by atoms with Gasteiger partial charge in [0, 0.05) is 18.6 Å². The molecule has 5 atom stereocenters. The van der Waals surface area contributed by atoms with Crippen molar-refractivity contribution in [2.45, 2.75) is 44.8 Å². The molecule has 0 radical (unpaired) electrons. The van der Waals surface area contributed by atoms with Crippen molar-refractivity contribution in [2.24, 2.45) is 5.92 Å². The molecule has 2 N–H and O–H groups in total. The lowest BCUT2D eigenvalue weighted by Gasteiger charge is -2.43. The summed E-state index contributed by atoms with van der Waals surface area (Å²) in [6.45, 7) is 4.11. The van der Waals surface area contributed by atoms with Crippen LogP contribution in [0.4, 0.5) is 0 Å². The van der Waals surface area contributed by atoms with Crippen LogP contribution in [0.1, 0.15) is 30.6 Å². The summed E-state index contributed by atoms with van der Waals surface area (Å²) in [5.41, 5.74) is 0.667. The average molecular weight is 307 g/mol. The van der Waals surface area contributed by atoms with E-state index in [1.807, 2.05) is 32.0 Å².